The normalized spacial score (nSPS) is 24.1. The minimum Gasteiger partial charge on any atom is -0.368 e. The molecule has 6 heteroatoms. The number of carbonyl (C=O) groups is 2. The van der Waals surface area contributed by atoms with Gasteiger partial charge in [-0.2, -0.15) is 0 Å². The fraction of sp³-hybridized carbons (Fsp3) is 0.857. The fourth-order valence-electron chi connectivity index (χ4n) is 2.59. The molecule has 20 heavy (non-hydrogen) atoms. The highest BCUT2D eigenvalue weighted by molar-refractivity contribution is 6.19. The molecule has 2 aliphatic rings. The predicted molar refractivity (Wildman–Crippen MR) is 76.6 cm³/mol. The zero-order valence-corrected chi connectivity index (χ0v) is 13.0. The van der Waals surface area contributed by atoms with Gasteiger partial charge in [-0.3, -0.25) is 9.59 Å². The molecular weight excluding hydrogens is 280 g/mol. The van der Waals surface area contributed by atoms with Gasteiger partial charge in [0.2, 0.25) is 5.91 Å². The van der Waals surface area contributed by atoms with Crippen molar-refractivity contribution in [2.75, 3.05) is 38.7 Å². The first-order chi connectivity index (χ1) is 9.45. The van der Waals surface area contributed by atoms with Crippen molar-refractivity contribution in [2.24, 2.45) is 5.41 Å². The van der Waals surface area contributed by atoms with E-state index in [-0.39, 0.29) is 17.9 Å². The van der Waals surface area contributed by atoms with Crippen molar-refractivity contribution < 1.29 is 14.3 Å². The van der Waals surface area contributed by atoms with Crippen LogP contribution in [0.2, 0.25) is 0 Å². The second-order valence-electron chi connectivity index (χ2n) is 6.14. The van der Waals surface area contributed by atoms with Crippen LogP contribution in [0.5, 0.6) is 0 Å². The lowest BCUT2D eigenvalue weighted by molar-refractivity contribution is -0.148. The Bertz CT molecular complexity index is 373. The largest absolute Gasteiger partial charge is 0.368 e. The molecular formula is C14H23ClN2O3. The van der Waals surface area contributed by atoms with E-state index in [2.05, 4.69) is 0 Å². The Morgan fingerprint density at radius 3 is 2.30 bits per heavy atom. The Hall–Kier alpha value is -0.810. The molecule has 0 aromatic rings. The highest BCUT2D eigenvalue weighted by atomic mass is 35.5. The topological polar surface area (TPSA) is 49.9 Å². The zero-order valence-electron chi connectivity index (χ0n) is 12.2. The molecule has 0 N–H and O–H groups in total. The number of piperazine rings is 1. The number of hydrogen-bond donors (Lipinski definition) is 0. The summed E-state index contributed by atoms with van der Waals surface area (Å²) in [6.07, 6.45) is 1.51. The SMILES string of the molecule is CC(C)(CCl)C(=O)N1CCN(C(=O)C2CCCO2)CC1. The van der Waals surface area contributed by atoms with Crippen LogP contribution in [-0.4, -0.2) is 66.4 Å². The molecule has 0 saturated carbocycles. The highest BCUT2D eigenvalue weighted by Crippen LogP contribution is 2.22. The number of alkyl halides is 1. The number of ether oxygens (including phenoxy) is 1. The Morgan fingerprint density at radius 1 is 1.20 bits per heavy atom. The third-order valence-electron chi connectivity index (χ3n) is 4.00. The van der Waals surface area contributed by atoms with Gasteiger partial charge in [0, 0.05) is 38.7 Å². The van der Waals surface area contributed by atoms with E-state index in [0.717, 1.165) is 12.8 Å². The number of halogens is 1. The summed E-state index contributed by atoms with van der Waals surface area (Å²) in [7, 11) is 0. The van der Waals surface area contributed by atoms with E-state index in [1.807, 2.05) is 23.6 Å². The number of hydrogen-bond acceptors (Lipinski definition) is 3. The smallest absolute Gasteiger partial charge is 0.251 e. The van der Waals surface area contributed by atoms with Crippen LogP contribution in [0, 0.1) is 5.41 Å². The second-order valence-corrected chi connectivity index (χ2v) is 6.40. The van der Waals surface area contributed by atoms with Crippen LogP contribution in [0.1, 0.15) is 26.7 Å². The Morgan fingerprint density at radius 2 is 1.80 bits per heavy atom. The van der Waals surface area contributed by atoms with Gasteiger partial charge < -0.3 is 14.5 Å². The minimum absolute atomic E-state index is 0.0664. The number of rotatable bonds is 3. The van der Waals surface area contributed by atoms with Crippen molar-refractivity contribution in [2.45, 2.75) is 32.8 Å². The third-order valence-corrected chi connectivity index (χ3v) is 4.66. The maximum Gasteiger partial charge on any atom is 0.251 e. The summed E-state index contributed by atoms with van der Waals surface area (Å²) < 4.78 is 5.42. The van der Waals surface area contributed by atoms with Crippen molar-refractivity contribution in [3.63, 3.8) is 0 Å². The molecule has 2 aliphatic heterocycles. The van der Waals surface area contributed by atoms with Gasteiger partial charge in [0.05, 0.1) is 5.41 Å². The lowest BCUT2D eigenvalue weighted by Gasteiger charge is -2.38. The zero-order chi connectivity index (χ0) is 14.8. The van der Waals surface area contributed by atoms with E-state index in [1.165, 1.54) is 0 Å². The van der Waals surface area contributed by atoms with Crippen molar-refractivity contribution in [1.82, 2.24) is 9.80 Å². The van der Waals surface area contributed by atoms with E-state index in [9.17, 15) is 9.59 Å². The molecule has 2 rings (SSSR count). The van der Waals surface area contributed by atoms with Crippen LogP contribution in [0.3, 0.4) is 0 Å². The molecule has 2 amide bonds. The van der Waals surface area contributed by atoms with Crippen molar-refractivity contribution >= 4 is 23.4 Å². The molecule has 2 heterocycles. The molecule has 1 unspecified atom stereocenters. The van der Waals surface area contributed by atoms with Crippen molar-refractivity contribution in [3.05, 3.63) is 0 Å². The molecule has 2 saturated heterocycles. The Kier molecular flexibility index (Phi) is 4.91. The molecule has 0 radical (unpaired) electrons. The van der Waals surface area contributed by atoms with Crippen LogP contribution < -0.4 is 0 Å². The van der Waals surface area contributed by atoms with E-state index < -0.39 is 5.41 Å². The molecule has 0 aromatic heterocycles. The van der Waals surface area contributed by atoms with Crippen LogP contribution in [0.25, 0.3) is 0 Å². The Balaban J connectivity index is 1.86. The minimum atomic E-state index is -0.539. The van der Waals surface area contributed by atoms with E-state index >= 15 is 0 Å². The highest BCUT2D eigenvalue weighted by Gasteiger charge is 2.35. The van der Waals surface area contributed by atoms with Crippen LogP contribution in [0.4, 0.5) is 0 Å². The molecule has 114 valence electrons. The second kappa shape index (κ2) is 6.31. The maximum atomic E-state index is 12.3. The van der Waals surface area contributed by atoms with Gasteiger partial charge >= 0.3 is 0 Å². The molecule has 2 fully saturated rings. The summed E-state index contributed by atoms with van der Waals surface area (Å²) >= 11 is 5.84. The molecule has 0 aromatic carbocycles. The van der Waals surface area contributed by atoms with Gasteiger partial charge in [0.1, 0.15) is 6.10 Å². The molecule has 0 aliphatic carbocycles. The summed E-state index contributed by atoms with van der Waals surface area (Å²) in [5, 5.41) is 0. The standard InChI is InChI=1S/C14H23ClN2O3/c1-14(2,10-15)13(19)17-7-5-16(6-8-17)12(18)11-4-3-9-20-11/h11H,3-10H2,1-2H3. The molecule has 1 atom stereocenters. The number of nitrogens with zero attached hydrogens (tertiary/aromatic N) is 2. The van der Waals surface area contributed by atoms with Gasteiger partial charge in [-0.25, -0.2) is 0 Å². The lowest BCUT2D eigenvalue weighted by Crippen LogP contribution is -2.55. The molecule has 5 nitrogen and oxygen atoms in total. The summed E-state index contributed by atoms with van der Waals surface area (Å²) in [6.45, 7) is 6.72. The van der Waals surface area contributed by atoms with Gasteiger partial charge in [0.25, 0.3) is 5.91 Å². The molecule has 0 bridgehead atoms. The van der Waals surface area contributed by atoms with Crippen molar-refractivity contribution in [3.8, 4) is 0 Å². The van der Waals surface area contributed by atoms with E-state index in [4.69, 9.17) is 16.3 Å². The first kappa shape index (κ1) is 15.6. The monoisotopic (exact) mass is 302 g/mol. The Labute approximate surface area is 125 Å². The summed E-state index contributed by atoms with van der Waals surface area (Å²) in [5.41, 5.74) is -0.539. The summed E-state index contributed by atoms with van der Waals surface area (Å²) in [5.74, 6) is 0.448. The first-order valence-electron chi connectivity index (χ1n) is 7.21. The first-order valence-corrected chi connectivity index (χ1v) is 7.75. The fourth-order valence-corrected chi connectivity index (χ4v) is 2.71. The summed E-state index contributed by atoms with van der Waals surface area (Å²) in [6, 6.07) is 0. The number of amides is 2. The van der Waals surface area contributed by atoms with Crippen LogP contribution in [-0.2, 0) is 14.3 Å². The quantitative estimate of drug-likeness (QED) is 0.734. The average molecular weight is 303 g/mol. The van der Waals surface area contributed by atoms with Crippen molar-refractivity contribution in [1.29, 1.82) is 0 Å². The lowest BCUT2D eigenvalue weighted by atomic mass is 9.94. The van der Waals surface area contributed by atoms with E-state index in [1.54, 1.807) is 0 Å². The van der Waals surface area contributed by atoms with Crippen LogP contribution >= 0.6 is 11.6 Å². The maximum absolute atomic E-state index is 12.3. The van der Waals surface area contributed by atoms with Gasteiger partial charge in [-0.1, -0.05) is 0 Å². The average Bonchev–Trinajstić information content (AvgIpc) is 3.00. The van der Waals surface area contributed by atoms with Gasteiger partial charge in [-0.05, 0) is 26.7 Å². The van der Waals surface area contributed by atoms with Gasteiger partial charge in [-0.15, -0.1) is 11.6 Å². The number of carbonyl (C=O) groups excluding carboxylic acids is 2. The van der Waals surface area contributed by atoms with E-state index in [0.29, 0.717) is 38.7 Å². The predicted octanol–water partition coefficient (Wildman–Crippen LogP) is 1.10. The molecule has 0 spiro atoms. The van der Waals surface area contributed by atoms with Crippen LogP contribution in [0.15, 0.2) is 0 Å². The van der Waals surface area contributed by atoms with Gasteiger partial charge in [0.15, 0.2) is 0 Å². The summed E-state index contributed by atoms with van der Waals surface area (Å²) in [4.78, 5) is 28.1. The third kappa shape index (κ3) is 3.26.